The molecule has 1 amide bonds. The maximum Gasteiger partial charge on any atom is 0.435 e. The first-order chi connectivity index (χ1) is 16.4. The van der Waals surface area contributed by atoms with Gasteiger partial charge in [0.2, 0.25) is 15.9 Å². The Hall–Kier alpha value is -2.11. The van der Waals surface area contributed by atoms with Crippen LogP contribution in [0.5, 0.6) is 0 Å². The number of carbonyl (C=O) groups excluding carboxylic acids is 1. The standard InChI is InChI=1S/C23H28ClF3N4O3S/c1-15-7-5-10-18(24)21(15)35(33,34)31-12-4-3-8-16(31)9-6-11-20(32)30-13-17-19(14-30)29(2)28-22(17)23(25,26)27/h5,7,10,16H,3-4,6,8-9,11-14H2,1-2H3. The van der Waals surface area contributed by atoms with E-state index in [0.29, 0.717) is 37.1 Å². The van der Waals surface area contributed by atoms with E-state index in [-0.39, 0.29) is 46.9 Å². The first-order valence-corrected chi connectivity index (χ1v) is 13.4. The summed E-state index contributed by atoms with van der Waals surface area (Å²) in [4.78, 5) is 14.3. The second-order valence-corrected chi connectivity index (χ2v) is 11.4. The Balaban J connectivity index is 1.40. The van der Waals surface area contributed by atoms with E-state index in [2.05, 4.69) is 5.10 Å². The third kappa shape index (κ3) is 5.08. The lowest BCUT2D eigenvalue weighted by Gasteiger charge is -2.35. The summed E-state index contributed by atoms with van der Waals surface area (Å²) in [6.45, 7) is 2.07. The van der Waals surface area contributed by atoms with Crippen LogP contribution in [0.25, 0.3) is 0 Å². The van der Waals surface area contributed by atoms with E-state index in [9.17, 15) is 26.4 Å². The van der Waals surface area contributed by atoms with Crippen molar-refractivity contribution in [2.24, 2.45) is 7.05 Å². The number of sulfonamides is 1. The van der Waals surface area contributed by atoms with E-state index in [0.717, 1.165) is 12.8 Å². The summed E-state index contributed by atoms with van der Waals surface area (Å²) in [6.07, 6.45) is -1.18. The predicted molar refractivity (Wildman–Crippen MR) is 124 cm³/mol. The number of rotatable bonds is 6. The van der Waals surface area contributed by atoms with Crippen molar-refractivity contribution in [3.63, 3.8) is 0 Å². The summed E-state index contributed by atoms with van der Waals surface area (Å²) in [7, 11) is -2.36. The van der Waals surface area contributed by atoms with Crippen LogP contribution in [0, 0.1) is 6.92 Å². The highest BCUT2D eigenvalue weighted by atomic mass is 35.5. The lowest BCUT2D eigenvalue weighted by molar-refractivity contribution is -0.143. The fourth-order valence-corrected chi connectivity index (χ4v) is 7.60. The van der Waals surface area contributed by atoms with Crippen molar-refractivity contribution >= 4 is 27.5 Å². The molecule has 192 valence electrons. The van der Waals surface area contributed by atoms with Crippen LogP contribution in [-0.4, -0.2) is 45.9 Å². The lowest BCUT2D eigenvalue weighted by Crippen LogP contribution is -2.44. The Labute approximate surface area is 207 Å². The van der Waals surface area contributed by atoms with Crippen molar-refractivity contribution in [1.82, 2.24) is 19.0 Å². The van der Waals surface area contributed by atoms with Gasteiger partial charge in [-0.2, -0.15) is 22.6 Å². The molecule has 2 aromatic rings. The van der Waals surface area contributed by atoms with Gasteiger partial charge in [-0.05, 0) is 44.2 Å². The van der Waals surface area contributed by atoms with Crippen molar-refractivity contribution in [3.8, 4) is 0 Å². The van der Waals surface area contributed by atoms with Gasteiger partial charge in [-0.15, -0.1) is 0 Å². The van der Waals surface area contributed by atoms with Crippen LogP contribution in [0.15, 0.2) is 23.1 Å². The number of piperidine rings is 1. The van der Waals surface area contributed by atoms with Crippen molar-refractivity contribution in [2.75, 3.05) is 6.54 Å². The summed E-state index contributed by atoms with van der Waals surface area (Å²) in [6, 6.07) is 4.73. The van der Waals surface area contributed by atoms with Gasteiger partial charge in [0.1, 0.15) is 4.90 Å². The quantitative estimate of drug-likeness (QED) is 0.542. The molecule has 1 unspecified atom stereocenters. The minimum atomic E-state index is -4.57. The van der Waals surface area contributed by atoms with Gasteiger partial charge in [0.25, 0.3) is 0 Å². The third-order valence-corrected chi connectivity index (χ3v) is 9.40. The zero-order valence-corrected chi connectivity index (χ0v) is 21.2. The van der Waals surface area contributed by atoms with E-state index in [4.69, 9.17) is 11.6 Å². The molecule has 7 nitrogen and oxygen atoms in total. The molecule has 0 bridgehead atoms. The molecular formula is C23H28ClF3N4O3S. The Morgan fingerprint density at radius 1 is 1.23 bits per heavy atom. The molecule has 1 aromatic heterocycles. The fourth-order valence-electron chi connectivity index (χ4n) is 5.08. The molecule has 35 heavy (non-hydrogen) atoms. The molecule has 1 fully saturated rings. The van der Waals surface area contributed by atoms with E-state index in [1.54, 1.807) is 25.1 Å². The van der Waals surface area contributed by atoms with E-state index >= 15 is 0 Å². The van der Waals surface area contributed by atoms with Crippen molar-refractivity contribution in [2.45, 2.75) is 75.7 Å². The highest BCUT2D eigenvalue weighted by Crippen LogP contribution is 2.37. The molecule has 0 radical (unpaired) electrons. The van der Waals surface area contributed by atoms with Crippen LogP contribution in [0.4, 0.5) is 13.2 Å². The SMILES string of the molecule is Cc1cccc(Cl)c1S(=O)(=O)N1CCCCC1CCCC(=O)N1Cc2c(C(F)(F)F)nn(C)c2C1. The van der Waals surface area contributed by atoms with Gasteiger partial charge in [0.05, 0.1) is 23.8 Å². The number of halogens is 4. The number of benzene rings is 1. The predicted octanol–water partition coefficient (Wildman–Crippen LogP) is 4.66. The van der Waals surface area contributed by atoms with Gasteiger partial charge in [-0.25, -0.2) is 8.42 Å². The molecule has 2 aliphatic heterocycles. The van der Waals surface area contributed by atoms with Crippen LogP contribution >= 0.6 is 11.6 Å². The molecular weight excluding hydrogens is 505 g/mol. The largest absolute Gasteiger partial charge is 0.435 e. The number of fused-ring (bicyclic) bond motifs is 1. The summed E-state index contributed by atoms with van der Waals surface area (Å²) in [5.74, 6) is -0.249. The van der Waals surface area contributed by atoms with Gasteiger partial charge in [0.15, 0.2) is 5.69 Å². The number of nitrogens with zero attached hydrogens (tertiary/aromatic N) is 4. The molecule has 2 aliphatic rings. The highest BCUT2D eigenvalue weighted by Gasteiger charge is 2.42. The normalized spacial score (nSPS) is 19.3. The van der Waals surface area contributed by atoms with Crippen LogP contribution in [0.3, 0.4) is 0 Å². The van der Waals surface area contributed by atoms with Gasteiger partial charge in [-0.1, -0.05) is 30.2 Å². The van der Waals surface area contributed by atoms with Gasteiger partial charge < -0.3 is 4.90 Å². The van der Waals surface area contributed by atoms with Gasteiger partial charge in [0, 0.05) is 31.6 Å². The minimum Gasteiger partial charge on any atom is -0.332 e. The molecule has 4 rings (SSSR count). The van der Waals surface area contributed by atoms with Crippen molar-refractivity contribution in [1.29, 1.82) is 0 Å². The Bertz CT molecular complexity index is 1210. The molecule has 12 heteroatoms. The average molecular weight is 533 g/mol. The second kappa shape index (κ2) is 9.74. The maximum atomic E-state index is 13.5. The second-order valence-electron chi connectivity index (χ2n) is 9.19. The zero-order chi connectivity index (χ0) is 25.5. The Morgan fingerprint density at radius 3 is 2.66 bits per heavy atom. The highest BCUT2D eigenvalue weighted by molar-refractivity contribution is 7.89. The number of aryl methyl sites for hydroxylation is 2. The molecule has 0 aliphatic carbocycles. The molecule has 0 N–H and O–H groups in total. The summed E-state index contributed by atoms with van der Waals surface area (Å²) < 4.78 is 69.4. The molecule has 0 spiro atoms. The first kappa shape index (κ1) is 26.0. The van der Waals surface area contributed by atoms with E-state index < -0.39 is 21.9 Å². The number of amides is 1. The molecule has 1 saturated heterocycles. The zero-order valence-electron chi connectivity index (χ0n) is 19.6. The van der Waals surface area contributed by atoms with E-state index in [1.165, 1.54) is 20.9 Å². The number of hydrogen-bond donors (Lipinski definition) is 0. The molecule has 0 saturated carbocycles. The average Bonchev–Trinajstić information content (AvgIpc) is 3.34. The van der Waals surface area contributed by atoms with Crippen LogP contribution < -0.4 is 0 Å². The minimum absolute atomic E-state index is 0.0491. The summed E-state index contributed by atoms with van der Waals surface area (Å²) in [5.41, 5.74) is 0.0832. The summed E-state index contributed by atoms with van der Waals surface area (Å²) in [5, 5.41) is 3.76. The van der Waals surface area contributed by atoms with Crippen LogP contribution in [0.2, 0.25) is 5.02 Å². The number of hydrogen-bond acceptors (Lipinski definition) is 4. The topological polar surface area (TPSA) is 75.5 Å². The monoisotopic (exact) mass is 532 g/mol. The van der Waals surface area contributed by atoms with E-state index in [1.807, 2.05) is 0 Å². The first-order valence-electron chi connectivity index (χ1n) is 11.6. The van der Waals surface area contributed by atoms with Crippen LogP contribution in [-0.2, 0) is 41.1 Å². The number of alkyl halides is 3. The number of aromatic nitrogens is 2. The molecule has 1 atom stereocenters. The molecule has 3 heterocycles. The van der Waals surface area contributed by atoms with Crippen molar-refractivity contribution in [3.05, 3.63) is 45.7 Å². The number of carbonyl (C=O) groups is 1. The molecule has 1 aromatic carbocycles. The smallest absolute Gasteiger partial charge is 0.332 e. The maximum absolute atomic E-state index is 13.5. The Morgan fingerprint density at radius 2 is 1.97 bits per heavy atom. The Kier molecular flexibility index (Phi) is 7.23. The fraction of sp³-hybridized carbons (Fsp3) is 0.565. The lowest BCUT2D eigenvalue weighted by atomic mass is 9.99. The third-order valence-electron chi connectivity index (χ3n) is 6.82. The van der Waals surface area contributed by atoms with Gasteiger partial charge >= 0.3 is 6.18 Å². The van der Waals surface area contributed by atoms with Crippen LogP contribution in [0.1, 0.15) is 61.0 Å². The van der Waals surface area contributed by atoms with Gasteiger partial charge in [-0.3, -0.25) is 9.48 Å². The van der Waals surface area contributed by atoms with Crippen molar-refractivity contribution < 1.29 is 26.4 Å². The summed E-state index contributed by atoms with van der Waals surface area (Å²) >= 11 is 6.25.